The van der Waals surface area contributed by atoms with E-state index >= 15 is 0 Å². The number of nitrogens with one attached hydrogen (secondary N) is 2. The first kappa shape index (κ1) is 21.9. The van der Waals surface area contributed by atoms with E-state index in [1.165, 1.54) is 7.05 Å². The van der Waals surface area contributed by atoms with E-state index in [9.17, 15) is 19.2 Å². The maximum atomic E-state index is 13.0. The summed E-state index contributed by atoms with van der Waals surface area (Å²) < 4.78 is 0. The Morgan fingerprint density at radius 1 is 1.13 bits per heavy atom. The molecule has 1 atom stereocenters. The van der Waals surface area contributed by atoms with Crippen LogP contribution in [0.1, 0.15) is 23.6 Å². The Hall–Kier alpha value is -3.75. The Morgan fingerprint density at radius 3 is 2.45 bits per heavy atom. The lowest BCUT2D eigenvalue weighted by atomic mass is 9.91. The molecule has 0 radical (unpaired) electrons. The van der Waals surface area contributed by atoms with Crippen molar-refractivity contribution < 1.29 is 19.2 Å². The van der Waals surface area contributed by atoms with Crippen LogP contribution in [0, 0.1) is 13.8 Å². The molecule has 5 amide bonds. The zero-order valence-corrected chi connectivity index (χ0v) is 17.9. The number of pyridine rings is 1. The zero-order chi connectivity index (χ0) is 22.8. The van der Waals surface area contributed by atoms with E-state index in [-0.39, 0.29) is 6.54 Å². The summed E-state index contributed by atoms with van der Waals surface area (Å²) in [6.07, 6.45) is 1.57. The third-order valence-electron chi connectivity index (χ3n) is 5.19. The van der Waals surface area contributed by atoms with Gasteiger partial charge in [0.05, 0.1) is 6.54 Å². The number of imide groups is 1. The highest BCUT2D eigenvalue weighted by Gasteiger charge is 2.49. The van der Waals surface area contributed by atoms with Gasteiger partial charge in [0.1, 0.15) is 17.9 Å². The summed E-state index contributed by atoms with van der Waals surface area (Å²) in [5, 5.41) is 5.28. The number of urea groups is 1. The van der Waals surface area contributed by atoms with Crippen molar-refractivity contribution in [2.75, 3.05) is 25.5 Å². The van der Waals surface area contributed by atoms with Gasteiger partial charge in [0.15, 0.2) is 0 Å². The molecule has 2 heterocycles. The van der Waals surface area contributed by atoms with Gasteiger partial charge in [-0.3, -0.25) is 19.3 Å². The summed E-state index contributed by atoms with van der Waals surface area (Å²) in [6, 6.07) is 10.1. The van der Waals surface area contributed by atoms with Crippen LogP contribution in [0.25, 0.3) is 0 Å². The Morgan fingerprint density at radius 2 is 1.81 bits per heavy atom. The molecule has 1 aromatic heterocycles. The van der Waals surface area contributed by atoms with Crippen LogP contribution in [0.3, 0.4) is 0 Å². The average Bonchev–Trinajstić information content (AvgIpc) is 2.92. The van der Waals surface area contributed by atoms with Crippen molar-refractivity contribution in [2.45, 2.75) is 26.3 Å². The normalized spacial score (nSPS) is 18.0. The quantitative estimate of drug-likeness (QED) is 0.685. The summed E-state index contributed by atoms with van der Waals surface area (Å²) >= 11 is 0. The van der Waals surface area contributed by atoms with E-state index in [4.69, 9.17) is 0 Å². The second kappa shape index (κ2) is 8.55. The first-order chi connectivity index (χ1) is 14.6. The third-order valence-corrected chi connectivity index (χ3v) is 5.19. The number of aryl methyl sites for hydroxylation is 2. The molecule has 1 unspecified atom stereocenters. The van der Waals surface area contributed by atoms with Crippen molar-refractivity contribution in [1.82, 2.24) is 20.1 Å². The molecule has 31 heavy (non-hydrogen) atoms. The predicted octanol–water partition coefficient (Wildman–Crippen LogP) is 1.56. The molecule has 1 aliphatic heterocycles. The number of carbonyl (C=O) groups excluding carboxylic acids is 4. The van der Waals surface area contributed by atoms with E-state index < -0.39 is 35.8 Å². The zero-order valence-electron chi connectivity index (χ0n) is 17.9. The molecule has 1 aromatic carbocycles. The van der Waals surface area contributed by atoms with Gasteiger partial charge in [-0.25, -0.2) is 9.78 Å². The van der Waals surface area contributed by atoms with Crippen molar-refractivity contribution in [3.05, 3.63) is 59.3 Å². The Balaban J connectivity index is 1.62. The molecule has 1 fully saturated rings. The number of anilines is 1. The molecule has 1 saturated heterocycles. The van der Waals surface area contributed by atoms with E-state index in [1.54, 1.807) is 37.4 Å². The lowest BCUT2D eigenvalue weighted by molar-refractivity contribution is -0.139. The molecule has 9 heteroatoms. The highest BCUT2D eigenvalue weighted by atomic mass is 16.2. The second-order valence-electron chi connectivity index (χ2n) is 7.83. The topological polar surface area (TPSA) is 112 Å². The molecule has 9 nitrogen and oxygen atoms in total. The minimum Gasteiger partial charge on any atom is -0.335 e. The number of benzene rings is 1. The molecule has 2 N–H and O–H groups in total. The molecule has 0 bridgehead atoms. The van der Waals surface area contributed by atoms with Crippen LogP contribution in [0.4, 0.5) is 10.6 Å². The van der Waals surface area contributed by atoms with Crippen molar-refractivity contribution in [1.29, 1.82) is 0 Å². The number of nitrogens with zero attached hydrogens (tertiary/aromatic N) is 3. The molecule has 162 valence electrons. The summed E-state index contributed by atoms with van der Waals surface area (Å²) in [7, 11) is 1.43. The number of carbonyl (C=O) groups is 4. The van der Waals surface area contributed by atoms with E-state index in [2.05, 4.69) is 15.6 Å². The average molecular weight is 423 g/mol. The number of likely N-dealkylation sites (N-methyl/N-ethyl adjacent to an activating group) is 1. The summed E-state index contributed by atoms with van der Waals surface area (Å²) in [5.74, 6) is -1.11. The summed E-state index contributed by atoms with van der Waals surface area (Å²) in [4.78, 5) is 56.3. The molecule has 0 aliphatic carbocycles. The van der Waals surface area contributed by atoms with Gasteiger partial charge in [0.25, 0.3) is 5.91 Å². The van der Waals surface area contributed by atoms with Crippen LogP contribution >= 0.6 is 0 Å². The molecule has 2 aromatic rings. The maximum Gasteiger partial charge on any atom is 0.325 e. The molecular formula is C22H25N5O4. The van der Waals surface area contributed by atoms with Crippen LogP contribution in [-0.2, 0) is 19.9 Å². The van der Waals surface area contributed by atoms with Crippen LogP contribution in [0.15, 0.2) is 42.6 Å². The maximum absolute atomic E-state index is 13.0. The van der Waals surface area contributed by atoms with Gasteiger partial charge in [-0.1, -0.05) is 29.8 Å². The van der Waals surface area contributed by atoms with Gasteiger partial charge in [-0.15, -0.1) is 0 Å². The molecule has 0 spiro atoms. The number of rotatable bonds is 6. The number of amides is 5. The Labute approximate surface area is 180 Å². The van der Waals surface area contributed by atoms with Crippen molar-refractivity contribution in [2.24, 2.45) is 0 Å². The van der Waals surface area contributed by atoms with Gasteiger partial charge < -0.3 is 15.5 Å². The Bertz CT molecular complexity index is 1040. The molecule has 3 rings (SSSR count). The fourth-order valence-electron chi connectivity index (χ4n) is 3.27. The number of hydrogen-bond acceptors (Lipinski definition) is 5. The second-order valence-corrected chi connectivity index (χ2v) is 7.83. The van der Waals surface area contributed by atoms with Crippen molar-refractivity contribution in [3.63, 3.8) is 0 Å². The standard InChI is InChI=1S/C22H25N5O4/c1-14-5-7-16(8-6-14)22(3)20(30)27(21(31)25-22)13-19(29)26(4)12-18(28)24-17-11-15(2)9-10-23-17/h5-11H,12-13H2,1-4H3,(H,25,31)(H,23,24,28). The largest absolute Gasteiger partial charge is 0.335 e. The summed E-state index contributed by atoms with van der Waals surface area (Å²) in [5.41, 5.74) is 1.34. The fraction of sp³-hybridized carbons (Fsp3) is 0.318. The lowest BCUT2D eigenvalue weighted by Crippen LogP contribution is -2.45. The minimum atomic E-state index is -1.25. The van der Waals surface area contributed by atoms with Crippen LogP contribution in [-0.4, -0.2) is 58.7 Å². The number of hydrogen-bond donors (Lipinski definition) is 2. The van der Waals surface area contributed by atoms with E-state index in [1.807, 2.05) is 26.0 Å². The van der Waals surface area contributed by atoms with Crippen LogP contribution in [0.5, 0.6) is 0 Å². The highest BCUT2D eigenvalue weighted by Crippen LogP contribution is 2.29. The first-order valence-corrected chi connectivity index (χ1v) is 9.78. The monoisotopic (exact) mass is 423 g/mol. The Kier molecular flexibility index (Phi) is 6.05. The van der Waals surface area contributed by atoms with Gasteiger partial charge in [-0.2, -0.15) is 0 Å². The van der Waals surface area contributed by atoms with Gasteiger partial charge >= 0.3 is 6.03 Å². The third kappa shape index (κ3) is 4.71. The van der Waals surface area contributed by atoms with Crippen LogP contribution in [0.2, 0.25) is 0 Å². The van der Waals surface area contributed by atoms with Gasteiger partial charge in [-0.05, 0) is 44.0 Å². The summed E-state index contributed by atoms with van der Waals surface area (Å²) in [6.45, 7) is 4.70. The first-order valence-electron chi connectivity index (χ1n) is 9.78. The van der Waals surface area contributed by atoms with Gasteiger partial charge in [0, 0.05) is 13.2 Å². The van der Waals surface area contributed by atoms with E-state index in [0.717, 1.165) is 20.9 Å². The van der Waals surface area contributed by atoms with Crippen LogP contribution < -0.4 is 10.6 Å². The van der Waals surface area contributed by atoms with Crippen molar-refractivity contribution >= 4 is 29.6 Å². The van der Waals surface area contributed by atoms with Gasteiger partial charge in [0.2, 0.25) is 11.8 Å². The predicted molar refractivity (Wildman–Crippen MR) is 114 cm³/mol. The minimum absolute atomic E-state index is 0.243. The lowest BCUT2D eigenvalue weighted by Gasteiger charge is -2.23. The van der Waals surface area contributed by atoms with Crippen molar-refractivity contribution in [3.8, 4) is 0 Å². The molecule has 0 saturated carbocycles. The molecular weight excluding hydrogens is 398 g/mol. The smallest absolute Gasteiger partial charge is 0.325 e. The highest BCUT2D eigenvalue weighted by molar-refractivity contribution is 6.09. The SMILES string of the molecule is Cc1ccc(C2(C)NC(=O)N(CC(=O)N(C)CC(=O)Nc3cc(C)ccn3)C2=O)cc1. The number of aromatic nitrogens is 1. The fourth-order valence-corrected chi connectivity index (χ4v) is 3.27. The van der Waals surface area contributed by atoms with E-state index in [0.29, 0.717) is 11.4 Å². The molecule has 1 aliphatic rings.